The van der Waals surface area contributed by atoms with Crippen LogP contribution in [0, 0.1) is 0 Å². The number of aliphatic hydroxyl groups is 1. The lowest BCUT2D eigenvalue weighted by molar-refractivity contribution is -0.202. The fraction of sp³-hybridized carbons (Fsp3) is 0.455. The summed E-state index contributed by atoms with van der Waals surface area (Å²) in [5.74, 6) is 0.527. The highest BCUT2D eigenvalue weighted by Gasteiger charge is 2.38. The van der Waals surface area contributed by atoms with Crippen molar-refractivity contribution in [3.05, 3.63) is 64.2 Å². The van der Waals surface area contributed by atoms with E-state index in [4.69, 9.17) is 16.3 Å². The number of alkyl halides is 6. The van der Waals surface area contributed by atoms with E-state index in [2.05, 4.69) is 5.32 Å². The predicted molar refractivity (Wildman–Crippen MR) is 110 cm³/mol. The standard InChI is InChI=1S/C22H24ClF6NO2/c1-2-15-12-18(6-7-19(15)23)32-9-8-17(30-13-20(31)22(27,28)29)11-14-4-3-5-16(10-14)21(24,25)26/h3-7,10,12,17,20,30-31H,2,8-9,11,13H2,1H3. The van der Waals surface area contributed by atoms with Crippen molar-refractivity contribution in [1.29, 1.82) is 0 Å². The molecule has 3 nitrogen and oxygen atoms in total. The van der Waals surface area contributed by atoms with Crippen molar-refractivity contribution in [2.75, 3.05) is 13.2 Å². The van der Waals surface area contributed by atoms with Crippen LogP contribution in [0.15, 0.2) is 42.5 Å². The van der Waals surface area contributed by atoms with Crippen molar-refractivity contribution < 1.29 is 36.2 Å². The summed E-state index contributed by atoms with van der Waals surface area (Å²) in [4.78, 5) is 0. The van der Waals surface area contributed by atoms with E-state index in [1.165, 1.54) is 12.1 Å². The van der Waals surface area contributed by atoms with Crippen LogP contribution in [0.25, 0.3) is 0 Å². The van der Waals surface area contributed by atoms with E-state index in [0.29, 0.717) is 22.8 Å². The number of hydrogen-bond acceptors (Lipinski definition) is 3. The number of benzene rings is 2. The van der Waals surface area contributed by atoms with Crippen LogP contribution in [0.2, 0.25) is 5.02 Å². The fourth-order valence-corrected chi connectivity index (χ4v) is 3.31. The van der Waals surface area contributed by atoms with Crippen LogP contribution in [0.5, 0.6) is 5.75 Å². The molecular weight excluding hydrogens is 460 g/mol. The summed E-state index contributed by atoms with van der Waals surface area (Å²) in [5, 5.41) is 12.4. The Hall–Kier alpha value is -1.97. The second-order valence-corrected chi connectivity index (χ2v) is 7.72. The average Bonchev–Trinajstić information content (AvgIpc) is 2.71. The van der Waals surface area contributed by atoms with Gasteiger partial charge in [-0.25, -0.2) is 0 Å². The first-order valence-corrected chi connectivity index (χ1v) is 10.3. The Morgan fingerprint density at radius 1 is 1.06 bits per heavy atom. The third-order valence-corrected chi connectivity index (χ3v) is 5.22. The van der Waals surface area contributed by atoms with E-state index in [1.807, 2.05) is 6.92 Å². The van der Waals surface area contributed by atoms with Gasteiger partial charge in [-0.15, -0.1) is 0 Å². The van der Waals surface area contributed by atoms with Crippen LogP contribution in [0.4, 0.5) is 26.3 Å². The zero-order valence-electron chi connectivity index (χ0n) is 17.2. The van der Waals surface area contributed by atoms with Crippen LogP contribution in [0.3, 0.4) is 0 Å². The molecule has 0 aliphatic carbocycles. The third-order valence-electron chi connectivity index (χ3n) is 4.85. The molecule has 0 amide bonds. The highest BCUT2D eigenvalue weighted by atomic mass is 35.5. The first-order valence-electron chi connectivity index (χ1n) is 9.95. The zero-order valence-corrected chi connectivity index (χ0v) is 18.0. The summed E-state index contributed by atoms with van der Waals surface area (Å²) in [7, 11) is 0. The molecule has 0 radical (unpaired) electrons. The maximum absolute atomic E-state index is 13.0. The minimum Gasteiger partial charge on any atom is -0.494 e. The quantitative estimate of drug-likeness (QED) is 0.419. The van der Waals surface area contributed by atoms with Crippen molar-refractivity contribution in [3.8, 4) is 5.75 Å². The van der Waals surface area contributed by atoms with Gasteiger partial charge in [-0.05, 0) is 54.7 Å². The van der Waals surface area contributed by atoms with Crippen LogP contribution >= 0.6 is 11.6 Å². The lowest BCUT2D eigenvalue weighted by atomic mass is 10.0. The van der Waals surface area contributed by atoms with E-state index in [9.17, 15) is 31.4 Å². The number of rotatable bonds is 10. The van der Waals surface area contributed by atoms with Crippen LogP contribution < -0.4 is 10.1 Å². The van der Waals surface area contributed by atoms with Gasteiger partial charge in [0.2, 0.25) is 0 Å². The van der Waals surface area contributed by atoms with E-state index in [1.54, 1.807) is 18.2 Å². The molecule has 10 heteroatoms. The molecule has 2 rings (SSSR count). The van der Waals surface area contributed by atoms with Crippen molar-refractivity contribution >= 4 is 11.6 Å². The molecule has 0 spiro atoms. The lowest BCUT2D eigenvalue weighted by Crippen LogP contribution is -2.43. The maximum Gasteiger partial charge on any atom is 0.416 e. The molecule has 0 bridgehead atoms. The monoisotopic (exact) mass is 483 g/mol. The molecule has 32 heavy (non-hydrogen) atoms. The molecule has 0 aliphatic rings. The third kappa shape index (κ3) is 8.18. The van der Waals surface area contributed by atoms with Gasteiger partial charge in [-0.3, -0.25) is 0 Å². The smallest absolute Gasteiger partial charge is 0.416 e. The molecule has 0 aliphatic heterocycles. The average molecular weight is 484 g/mol. The van der Waals surface area contributed by atoms with Gasteiger partial charge in [0.05, 0.1) is 12.2 Å². The molecule has 0 aromatic heterocycles. The molecule has 2 aromatic carbocycles. The van der Waals surface area contributed by atoms with Gasteiger partial charge in [0.1, 0.15) is 5.75 Å². The zero-order chi connectivity index (χ0) is 23.9. The second-order valence-electron chi connectivity index (χ2n) is 7.31. The summed E-state index contributed by atoms with van der Waals surface area (Å²) >= 11 is 6.06. The molecule has 0 saturated heterocycles. The van der Waals surface area contributed by atoms with Crippen molar-refractivity contribution in [2.24, 2.45) is 0 Å². The normalized spacial score (nSPS) is 14.3. The Labute approximate surface area is 187 Å². The maximum atomic E-state index is 13.0. The Morgan fingerprint density at radius 2 is 1.78 bits per heavy atom. The van der Waals surface area contributed by atoms with Gasteiger partial charge in [-0.2, -0.15) is 26.3 Å². The number of aliphatic hydroxyl groups excluding tert-OH is 1. The summed E-state index contributed by atoms with van der Waals surface area (Å²) < 4.78 is 82.5. The lowest BCUT2D eigenvalue weighted by Gasteiger charge is -2.23. The molecule has 0 fully saturated rings. The number of aryl methyl sites for hydroxylation is 1. The molecule has 2 atom stereocenters. The van der Waals surface area contributed by atoms with Gasteiger partial charge in [0, 0.05) is 17.6 Å². The topological polar surface area (TPSA) is 41.5 Å². The van der Waals surface area contributed by atoms with E-state index < -0.39 is 36.6 Å². The number of hydrogen-bond donors (Lipinski definition) is 2. The molecule has 2 aromatic rings. The van der Waals surface area contributed by atoms with Crippen LogP contribution in [0.1, 0.15) is 30.0 Å². The molecule has 2 N–H and O–H groups in total. The van der Waals surface area contributed by atoms with Gasteiger partial charge in [-0.1, -0.05) is 36.7 Å². The Balaban J connectivity index is 2.07. The molecule has 178 valence electrons. The van der Waals surface area contributed by atoms with Crippen molar-refractivity contribution in [3.63, 3.8) is 0 Å². The molecular formula is C22H24ClF6NO2. The SMILES string of the molecule is CCc1cc(OCCC(Cc2cccc(C(F)(F)F)c2)NCC(O)C(F)(F)F)ccc1Cl. The fourth-order valence-electron chi connectivity index (χ4n) is 3.06. The van der Waals surface area contributed by atoms with Gasteiger partial charge >= 0.3 is 12.4 Å². The minimum atomic E-state index is -4.80. The van der Waals surface area contributed by atoms with E-state index in [0.717, 1.165) is 17.7 Å². The highest BCUT2D eigenvalue weighted by Crippen LogP contribution is 2.30. The first-order chi connectivity index (χ1) is 14.9. The number of nitrogens with one attached hydrogen (secondary N) is 1. The predicted octanol–water partition coefficient (Wildman–Crippen LogP) is 5.81. The van der Waals surface area contributed by atoms with E-state index >= 15 is 0 Å². The van der Waals surface area contributed by atoms with Crippen LogP contribution in [-0.2, 0) is 19.0 Å². The Bertz CT molecular complexity index is 872. The van der Waals surface area contributed by atoms with E-state index in [-0.39, 0.29) is 19.4 Å². The Morgan fingerprint density at radius 3 is 2.41 bits per heavy atom. The summed E-state index contributed by atoms with van der Waals surface area (Å²) in [6.45, 7) is 1.24. The second kappa shape index (κ2) is 11.2. The van der Waals surface area contributed by atoms with Gasteiger partial charge < -0.3 is 15.2 Å². The van der Waals surface area contributed by atoms with Gasteiger partial charge in [0.25, 0.3) is 0 Å². The molecule has 2 unspecified atom stereocenters. The summed E-state index contributed by atoms with van der Waals surface area (Å²) in [5.41, 5.74) is 0.336. The molecule has 0 heterocycles. The van der Waals surface area contributed by atoms with Crippen molar-refractivity contribution in [2.45, 2.75) is 50.7 Å². The number of halogens is 7. The number of ether oxygens (including phenoxy) is 1. The highest BCUT2D eigenvalue weighted by molar-refractivity contribution is 6.31. The molecule has 0 saturated carbocycles. The minimum absolute atomic E-state index is 0.0265. The van der Waals surface area contributed by atoms with Crippen molar-refractivity contribution in [1.82, 2.24) is 5.32 Å². The summed E-state index contributed by atoms with van der Waals surface area (Å²) in [6.07, 6.45) is -11.0. The Kier molecular flexibility index (Phi) is 9.24. The largest absolute Gasteiger partial charge is 0.494 e. The van der Waals surface area contributed by atoms with Crippen LogP contribution in [-0.4, -0.2) is 36.6 Å². The van der Waals surface area contributed by atoms with Gasteiger partial charge in [0.15, 0.2) is 6.10 Å². The first kappa shape index (κ1) is 26.3. The summed E-state index contributed by atoms with van der Waals surface area (Å²) in [6, 6.07) is 9.03.